The van der Waals surface area contributed by atoms with Crippen LogP contribution in [0.1, 0.15) is 24.3 Å². The molecule has 1 aromatic heterocycles. The Labute approximate surface area is 172 Å². The van der Waals surface area contributed by atoms with Crippen LogP contribution < -0.4 is 5.32 Å². The van der Waals surface area contributed by atoms with Gasteiger partial charge in [-0.3, -0.25) is 14.9 Å². The Hall–Kier alpha value is -1.87. The topological polar surface area (TPSA) is 93.3 Å². The number of non-ortho nitro benzene ring substituents is 1. The third-order valence-electron chi connectivity index (χ3n) is 4.54. The zero-order chi connectivity index (χ0) is 19.0. The highest BCUT2D eigenvalue weighted by Crippen LogP contribution is 2.33. The van der Waals surface area contributed by atoms with Crippen LogP contribution in [0, 0.1) is 10.1 Å². The van der Waals surface area contributed by atoms with Gasteiger partial charge in [-0.1, -0.05) is 23.2 Å². The fraction of sp³-hybridized carbons (Fsp3) is 0.375. The Morgan fingerprint density at radius 3 is 2.56 bits per heavy atom. The molecule has 1 saturated heterocycles. The number of nitro benzene ring substituents is 1. The number of hydrogen-bond donors (Lipinski definition) is 1. The number of hydrogen-bond acceptors (Lipinski definition) is 5. The lowest BCUT2D eigenvalue weighted by atomic mass is 10.1. The van der Waals surface area contributed by atoms with Gasteiger partial charge in [0.15, 0.2) is 5.69 Å². The minimum Gasteiger partial charge on any atom is -0.332 e. The Balaban J connectivity index is 0.00000261. The summed E-state index contributed by atoms with van der Waals surface area (Å²) >= 11 is 12.3. The van der Waals surface area contributed by atoms with E-state index in [9.17, 15) is 14.9 Å². The van der Waals surface area contributed by atoms with Crippen molar-refractivity contribution in [1.82, 2.24) is 20.0 Å². The summed E-state index contributed by atoms with van der Waals surface area (Å²) in [6.45, 7) is 5.32. The predicted octanol–water partition coefficient (Wildman–Crippen LogP) is 3.33. The summed E-state index contributed by atoms with van der Waals surface area (Å²) in [5.74, 6) is -0.182. The van der Waals surface area contributed by atoms with Crippen LogP contribution in [0.3, 0.4) is 0 Å². The van der Waals surface area contributed by atoms with E-state index in [1.54, 1.807) is 17.2 Å². The third kappa shape index (κ3) is 4.19. The van der Waals surface area contributed by atoms with E-state index in [-0.39, 0.29) is 51.8 Å². The first-order chi connectivity index (χ1) is 12.3. The largest absolute Gasteiger partial charge is 0.332 e. The van der Waals surface area contributed by atoms with E-state index in [1.807, 2.05) is 13.8 Å². The molecule has 146 valence electrons. The van der Waals surface area contributed by atoms with Gasteiger partial charge in [-0.2, -0.15) is 5.10 Å². The molecule has 1 fully saturated rings. The van der Waals surface area contributed by atoms with Crippen LogP contribution in [0.4, 0.5) is 5.69 Å². The van der Waals surface area contributed by atoms with E-state index in [2.05, 4.69) is 10.4 Å². The molecule has 1 N–H and O–H groups in total. The average molecular weight is 435 g/mol. The molecule has 0 spiro atoms. The van der Waals surface area contributed by atoms with Crippen molar-refractivity contribution in [3.05, 3.63) is 50.2 Å². The summed E-state index contributed by atoms with van der Waals surface area (Å²) < 4.78 is 1.36. The second kappa shape index (κ2) is 8.43. The van der Waals surface area contributed by atoms with Crippen molar-refractivity contribution < 1.29 is 9.72 Å². The van der Waals surface area contributed by atoms with Crippen molar-refractivity contribution >= 4 is 47.2 Å². The van der Waals surface area contributed by atoms with Gasteiger partial charge in [-0.05, 0) is 19.9 Å². The minimum absolute atomic E-state index is 0. The van der Waals surface area contributed by atoms with Gasteiger partial charge in [0, 0.05) is 43.5 Å². The number of nitrogens with zero attached hydrogens (tertiary/aromatic N) is 4. The van der Waals surface area contributed by atoms with E-state index in [1.165, 1.54) is 16.8 Å². The number of aromatic nitrogens is 2. The lowest BCUT2D eigenvalue weighted by molar-refractivity contribution is -0.384. The maximum Gasteiger partial charge on any atom is 0.274 e. The zero-order valence-corrected chi connectivity index (χ0v) is 16.9. The Kier molecular flexibility index (Phi) is 6.69. The highest BCUT2D eigenvalue weighted by Gasteiger charge is 2.30. The molecule has 1 aliphatic heterocycles. The number of halogens is 3. The summed E-state index contributed by atoms with van der Waals surface area (Å²) in [5.41, 5.74) is 0.340. The Morgan fingerprint density at radius 2 is 1.96 bits per heavy atom. The molecule has 11 heteroatoms. The highest BCUT2D eigenvalue weighted by atomic mass is 35.5. The Bertz CT molecular complexity index is 850. The fourth-order valence-corrected chi connectivity index (χ4v) is 3.58. The number of carbonyl (C=O) groups excluding carboxylic acids is 1. The van der Waals surface area contributed by atoms with Crippen molar-refractivity contribution in [3.63, 3.8) is 0 Å². The van der Waals surface area contributed by atoms with Gasteiger partial charge in [0.1, 0.15) is 5.69 Å². The molecular weight excluding hydrogens is 417 g/mol. The lowest BCUT2D eigenvalue weighted by Gasteiger charge is -2.38. The van der Waals surface area contributed by atoms with Crippen LogP contribution in [0.25, 0.3) is 5.69 Å². The molecule has 1 aliphatic rings. The van der Waals surface area contributed by atoms with E-state index in [0.29, 0.717) is 12.2 Å². The fourth-order valence-electron chi connectivity index (χ4n) is 2.93. The molecule has 0 bridgehead atoms. The molecule has 2 unspecified atom stereocenters. The third-order valence-corrected chi connectivity index (χ3v) is 5.12. The number of amides is 1. The van der Waals surface area contributed by atoms with Crippen molar-refractivity contribution in [2.45, 2.75) is 25.9 Å². The molecular formula is C16H18Cl3N5O3. The average Bonchev–Trinajstić information content (AvgIpc) is 3.05. The van der Waals surface area contributed by atoms with Crippen LogP contribution in [-0.2, 0) is 0 Å². The molecule has 0 radical (unpaired) electrons. The number of piperazine rings is 1. The molecule has 2 heterocycles. The monoisotopic (exact) mass is 433 g/mol. The Morgan fingerprint density at radius 1 is 1.33 bits per heavy atom. The van der Waals surface area contributed by atoms with Crippen LogP contribution in [-0.4, -0.2) is 50.7 Å². The van der Waals surface area contributed by atoms with Gasteiger partial charge >= 0.3 is 0 Å². The van der Waals surface area contributed by atoms with E-state index >= 15 is 0 Å². The molecule has 8 nitrogen and oxygen atoms in total. The maximum atomic E-state index is 12.8. The number of nitrogens with one attached hydrogen (secondary N) is 1. The smallest absolute Gasteiger partial charge is 0.274 e. The molecule has 1 aromatic carbocycles. The van der Waals surface area contributed by atoms with Gasteiger partial charge in [0.25, 0.3) is 11.6 Å². The first-order valence-electron chi connectivity index (χ1n) is 8.03. The number of benzene rings is 1. The number of rotatable bonds is 3. The second-order valence-corrected chi connectivity index (χ2v) is 6.96. The summed E-state index contributed by atoms with van der Waals surface area (Å²) in [7, 11) is 0. The zero-order valence-electron chi connectivity index (χ0n) is 14.6. The van der Waals surface area contributed by atoms with Crippen molar-refractivity contribution in [3.8, 4) is 5.69 Å². The summed E-state index contributed by atoms with van der Waals surface area (Å²) in [4.78, 5) is 24.9. The van der Waals surface area contributed by atoms with E-state index < -0.39 is 4.92 Å². The summed E-state index contributed by atoms with van der Waals surface area (Å²) in [6.07, 6.45) is 1.56. The van der Waals surface area contributed by atoms with Gasteiger partial charge in [0.05, 0.1) is 15.0 Å². The molecule has 27 heavy (non-hydrogen) atoms. The SMILES string of the molecule is CC1NCCN(C(=O)c2ccn(-c3c(Cl)cc([N+](=O)[O-])cc3Cl)n2)C1C.Cl. The molecule has 0 saturated carbocycles. The number of nitro groups is 1. The van der Waals surface area contributed by atoms with Gasteiger partial charge in [-0.15, -0.1) is 12.4 Å². The number of carbonyl (C=O) groups is 1. The molecule has 2 atom stereocenters. The highest BCUT2D eigenvalue weighted by molar-refractivity contribution is 6.38. The lowest BCUT2D eigenvalue weighted by Crippen LogP contribution is -2.57. The summed E-state index contributed by atoms with van der Waals surface area (Å²) in [5, 5.41) is 18.6. The van der Waals surface area contributed by atoms with Crippen LogP contribution in [0.5, 0.6) is 0 Å². The normalized spacial score (nSPS) is 19.5. The van der Waals surface area contributed by atoms with Crippen molar-refractivity contribution in [1.29, 1.82) is 0 Å². The predicted molar refractivity (Wildman–Crippen MR) is 105 cm³/mol. The standard InChI is InChI=1S/C16H17Cl2N5O3.ClH/c1-9-10(2)21(6-4-19-9)16(24)14-3-5-22(20-14)15-12(17)7-11(23(25)26)8-13(15)18;/h3,5,7-10,19H,4,6H2,1-2H3;1H. The van der Waals surface area contributed by atoms with Gasteiger partial charge < -0.3 is 10.2 Å². The first kappa shape index (κ1) is 21.4. The molecule has 2 aromatic rings. The van der Waals surface area contributed by atoms with Crippen LogP contribution in [0.15, 0.2) is 24.4 Å². The van der Waals surface area contributed by atoms with Crippen molar-refractivity contribution in [2.75, 3.05) is 13.1 Å². The van der Waals surface area contributed by atoms with Crippen LogP contribution >= 0.6 is 35.6 Å². The van der Waals surface area contributed by atoms with Gasteiger partial charge in [0.2, 0.25) is 0 Å². The van der Waals surface area contributed by atoms with Crippen molar-refractivity contribution in [2.24, 2.45) is 0 Å². The molecule has 3 rings (SSSR count). The van der Waals surface area contributed by atoms with Gasteiger partial charge in [-0.25, -0.2) is 4.68 Å². The molecule has 0 aliphatic carbocycles. The van der Waals surface area contributed by atoms with E-state index in [0.717, 1.165) is 6.54 Å². The van der Waals surface area contributed by atoms with Crippen LogP contribution in [0.2, 0.25) is 10.0 Å². The second-order valence-electron chi connectivity index (χ2n) is 6.14. The van der Waals surface area contributed by atoms with E-state index in [4.69, 9.17) is 23.2 Å². The minimum atomic E-state index is -0.577. The summed E-state index contributed by atoms with van der Waals surface area (Å²) in [6, 6.07) is 4.20. The molecule has 1 amide bonds. The maximum absolute atomic E-state index is 12.8. The first-order valence-corrected chi connectivity index (χ1v) is 8.79. The quantitative estimate of drug-likeness (QED) is 0.591.